The van der Waals surface area contributed by atoms with Crippen molar-refractivity contribution in [2.75, 3.05) is 11.9 Å². The second kappa shape index (κ2) is 4.97. The van der Waals surface area contributed by atoms with Crippen LogP contribution >= 0.6 is 23.6 Å². The Balaban J connectivity index is 2.25. The maximum Gasteiger partial charge on any atom is 0.226 e. The van der Waals surface area contributed by atoms with Gasteiger partial charge in [-0.05, 0) is 26.1 Å². The minimum atomic E-state index is 0.286. The molecule has 0 saturated heterocycles. The van der Waals surface area contributed by atoms with E-state index in [1.807, 2.05) is 27.4 Å². The molecule has 0 aliphatic heterocycles. The highest BCUT2D eigenvalue weighted by Gasteiger charge is 2.14. The van der Waals surface area contributed by atoms with E-state index in [0.717, 1.165) is 18.2 Å². The fourth-order valence-corrected chi connectivity index (χ4v) is 2.55. The molecule has 0 bridgehead atoms. The molecule has 0 amide bonds. The number of thiazole rings is 1. The van der Waals surface area contributed by atoms with Gasteiger partial charge in [0.05, 0.1) is 17.7 Å². The maximum absolute atomic E-state index is 5.22. The van der Waals surface area contributed by atoms with Gasteiger partial charge in [-0.3, -0.25) is 4.57 Å². The normalized spacial score (nSPS) is 11.1. The molecule has 0 unspecified atom stereocenters. The Morgan fingerprint density at radius 2 is 2.35 bits per heavy atom. The molecule has 2 rings (SSSR count). The monoisotopic (exact) mass is 269 g/mol. The molecule has 92 valence electrons. The van der Waals surface area contributed by atoms with Gasteiger partial charge in [0.25, 0.3) is 0 Å². The minimum absolute atomic E-state index is 0.286. The lowest BCUT2D eigenvalue weighted by Gasteiger charge is -2.19. The average Bonchev–Trinajstić information content (AvgIpc) is 2.86. The fourth-order valence-electron chi connectivity index (χ4n) is 1.66. The highest BCUT2D eigenvalue weighted by atomic mass is 32.1. The lowest BCUT2D eigenvalue weighted by atomic mass is 10.4. The third kappa shape index (κ3) is 2.55. The molecule has 0 atom stereocenters. The van der Waals surface area contributed by atoms with E-state index in [1.54, 1.807) is 11.3 Å². The molecule has 0 aromatic carbocycles. The van der Waals surface area contributed by atoms with Crippen LogP contribution < -0.4 is 4.90 Å². The van der Waals surface area contributed by atoms with E-state index in [1.165, 1.54) is 0 Å². The zero-order valence-corrected chi connectivity index (χ0v) is 11.7. The first-order chi connectivity index (χ1) is 8.09. The van der Waals surface area contributed by atoms with E-state index >= 15 is 0 Å². The number of rotatable bonds is 4. The molecule has 7 heteroatoms. The molecular weight excluding hydrogens is 254 g/mol. The first-order valence-electron chi connectivity index (χ1n) is 5.34. The van der Waals surface area contributed by atoms with Gasteiger partial charge in [0, 0.05) is 18.5 Å². The van der Waals surface area contributed by atoms with Gasteiger partial charge >= 0.3 is 0 Å². The number of nitrogens with zero attached hydrogens (tertiary/aromatic N) is 4. The van der Waals surface area contributed by atoms with Gasteiger partial charge in [-0.1, -0.05) is 0 Å². The first kappa shape index (κ1) is 12.3. The standard InChI is InChI=1S/C10H15N5S2/c1-7(2)15-9(12-13-10(15)16)14(3)4-8-5-17-6-11-8/h5-7H,4H2,1-3H3,(H,13,16). The molecule has 0 radical (unpaired) electrons. The van der Waals surface area contributed by atoms with Crippen molar-refractivity contribution in [3.05, 3.63) is 21.4 Å². The highest BCUT2D eigenvalue weighted by molar-refractivity contribution is 7.71. The van der Waals surface area contributed by atoms with Gasteiger partial charge in [0.1, 0.15) is 0 Å². The van der Waals surface area contributed by atoms with Crippen LogP contribution in [0, 0.1) is 4.77 Å². The molecule has 0 aliphatic carbocycles. The molecule has 17 heavy (non-hydrogen) atoms. The Morgan fingerprint density at radius 1 is 1.59 bits per heavy atom. The van der Waals surface area contributed by atoms with Crippen LogP contribution in [0.25, 0.3) is 0 Å². The molecule has 0 fully saturated rings. The van der Waals surface area contributed by atoms with Gasteiger partial charge in [0.15, 0.2) is 4.77 Å². The number of aromatic nitrogens is 4. The second-order valence-electron chi connectivity index (χ2n) is 4.13. The summed E-state index contributed by atoms with van der Waals surface area (Å²) in [6.45, 7) is 4.91. The minimum Gasteiger partial charge on any atom is -0.338 e. The second-order valence-corrected chi connectivity index (χ2v) is 5.23. The highest BCUT2D eigenvalue weighted by Crippen LogP contribution is 2.18. The number of hydrogen-bond donors (Lipinski definition) is 1. The van der Waals surface area contributed by atoms with Gasteiger partial charge in [-0.25, -0.2) is 10.1 Å². The molecule has 1 N–H and O–H groups in total. The van der Waals surface area contributed by atoms with E-state index in [0.29, 0.717) is 4.77 Å². The zero-order chi connectivity index (χ0) is 12.4. The summed E-state index contributed by atoms with van der Waals surface area (Å²) >= 11 is 6.82. The lowest BCUT2D eigenvalue weighted by Crippen LogP contribution is -2.21. The van der Waals surface area contributed by atoms with E-state index < -0.39 is 0 Å². The zero-order valence-electron chi connectivity index (χ0n) is 10.0. The third-order valence-electron chi connectivity index (χ3n) is 2.43. The van der Waals surface area contributed by atoms with Crippen molar-refractivity contribution in [2.45, 2.75) is 26.4 Å². The summed E-state index contributed by atoms with van der Waals surface area (Å²) in [6, 6.07) is 0.286. The summed E-state index contributed by atoms with van der Waals surface area (Å²) in [5.74, 6) is 0.845. The molecule has 0 saturated carbocycles. The molecule has 2 heterocycles. The van der Waals surface area contributed by atoms with Crippen LogP contribution in [0.5, 0.6) is 0 Å². The smallest absolute Gasteiger partial charge is 0.226 e. The topological polar surface area (TPSA) is 49.7 Å². The molecule has 2 aromatic heterocycles. The maximum atomic E-state index is 5.22. The van der Waals surface area contributed by atoms with Crippen LogP contribution in [0.3, 0.4) is 0 Å². The Bertz CT molecular complexity index is 525. The summed E-state index contributed by atoms with van der Waals surface area (Å²) < 4.78 is 2.65. The summed E-state index contributed by atoms with van der Waals surface area (Å²) in [4.78, 5) is 6.31. The largest absolute Gasteiger partial charge is 0.338 e. The molecule has 2 aromatic rings. The van der Waals surface area contributed by atoms with Crippen molar-refractivity contribution >= 4 is 29.5 Å². The van der Waals surface area contributed by atoms with E-state index in [4.69, 9.17) is 12.2 Å². The predicted molar refractivity (Wildman–Crippen MR) is 72.0 cm³/mol. The molecule has 5 nitrogen and oxygen atoms in total. The van der Waals surface area contributed by atoms with Crippen molar-refractivity contribution in [3.8, 4) is 0 Å². The van der Waals surface area contributed by atoms with Crippen molar-refractivity contribution in [2.24, 2.45) is 0 Å². The van der Waals surface area contributed by atoms with Crippen LogP contribution in [0.2, 0.25) is 0 Å². The molecule has 0 aliphatic rings. The number of nitrogens with one attached hydrogen (secondary N) is 1. The third-order valence-corrected chi connectivity index (χ3v) is 3.35. The number of H-pyrrole nitrogens is 1. The van der Waals surface area contributed by atoms with Crippen molar-refractivity contribution in [3.63, 3.8) is 0 Å². The quantitative estimate of drug-likeness (QED) is 0.867. The van der Waals surface area contributed by atoms with Gasteiger partial charge < -0.3 is 4.90 Å². The van der Waals surface area contributed by atoms with Crippen LogP contribution in [-0.4, -0.2) is 26.8 Å². The Morgan fingerprint density at radius 3 is 2.94 bits per heavy atom. The van der Waals surface area contributed by atoms with E-state index in [-0.39, 0.29) is 6.04 Å². The van der Waals surface area contributed by atoms with Crippen LogP contribution in [0.4, 0.5) is 5.95 Å². The van der Waals surface area contributed by atoms with Crippen LogP contribution in [0.15, 0.2) is 10.9 Å². The van der Waals surface area contributed by atoms with Crippen LogP contribution in [0.1, 0.15) is 25.6 Å². The summed E-state index contributed by atoms with van der Waals surface area (Å²) in [6.07, 6.45) is 0. The van der Waals surface area contributed by atoms with Crippen molar-refractivity contribution in [1.82, 2.24) is 19.7 Å². The Kier molecular flexibility index (Phi) is 3.58. The average molecular weight is 269 g/mol. The summed E-state index contributed by atoms with van der Waals surface area (Å²) in [7, 11) is 1.99. The van der Waals surface area contributed by atoms with E-state index in [2.05, 4.69) is 29.0 Å². The molecule has 0 spiro atoms. The van der Waals surface area contributed by atoms with Crippen LogP contribution in [-0.2, 0) is 6.54 Å². The Labute approximate surface area is 109 Å². The Hall–Kier alpha value is -1.21. The first-order valence-corrected chi connectivity index (χ1v) is 6.69. The van der Waals surface area contributed by atoms with Crippen molar-refractivity contribution < 1.29 is 0 Å². The molecular formula is C10H15N5S2. The number of hydrogen-bond acceptors (Lipinski definition) is 5. The predicted octanol–water partition coefficient (Wildman–Crippen LogP) is 2.61. The van der Waals surface area contributed by atoms with Crippen molar-refractivity contribution in [1.29, 1.82) is 0 Å². The van der Waals surface area contributed by atoms with Gasteiger partial charge in [-0.2, -0.15) is 0 Å². The van der Waals surface area contributed by atoms with Gasteiger partial charge in [0.2, 0.25) is 5.95 Å². The van der Waals surface area contributed by atoms with Gasteiger partial charge in [-0.15, -0.1) is 16.4 Å². The number of aromatic amines is 1. The fraction of sp³-hybridized carbons (Fsp3) is 0.500. The lowest BCUT2D eigenvalue weighted by molar-refractivity contribution is 0.583. The number of anilines is 1. The SMILES string of the molecule is CC(C)n1c(N(C)Cc2cscn2)n[nH]c1=S. The van der Waals surface area contributed by atoms with E-state index in [9.17, 15) is 0 Å². The summed E-state index contributed by atoms with van der Waals surface area (Å²) in [5.41, 5.74) is 2.88. The summed E-state index contributed by atoms with van der Waals surface area (Å²) in [5, 5.41) is 9.14.